The standard InChI is InChI=1S/C22H19N5O4/c1-31-18-10-4-15(5-11-18)14-26-20(25-19-3-2-12-23-21(19)26)13-24-22(28)16-6-8-17(9-7-16)27(29)30/h2-12H,13-14H2,1H3,(H,24,28). The lowest BCUT2D eigenvalue weighted by molar-refractivity contribution is -0.384. The van der Waals surface area contributed by atoms with Crippen molar-refractivity contribution in [1.82, 2.24) is 19.9 Å². The van der Waals surface area contributed by atoms with E-state index in [0.29, 0.717) is 17.9 Å². The van der Waals surface area contributed by atoms with Gasteiger partial charge in [-0.25, -0.2) is 9.97 Å². The number of nitrogens with one attached hydrogen (secondary N) is 1. The summed E-state index contributed by atoms with van der Waals surface area (Å²) >= 11 is 0. The summed E-state index contributed by atoms with van der Waals surface area (Å²) < 4.78 is 7.16. The number of aromatic nitrogens is 3. The number of amides is 1. The van der Waals surface area contributed by atoms with E-state index in [9.17, 15) is 14.9 Å². The van der Waals surface area contributed by atoms with Crippen LogP contribution in [-0.2, 0) is 13.1 Å². The lowest BCUT2D eigenvalue weighted by Crippen LogP contribution is -2.25. The van der Waals surface area contributed by atoms with Crippen molar-refractivity contribution in [2.24, 2.45) is 0 Å². The van der Waals surface area contributed by atoms with Gasteiger partial charge in [0.1, 0.15) is 17.1 Å². The van der Waals surface area contributed by atoms with Gasteiger partial charge in [0.05, 0.1) is 25.1 Å². The van der Waals surface area contributed by atoms with Gasteiger partial charge >= 0.3 is 0 Å². The molecule has 2 heterocycles. The van der Waals surface area contributed by atoms with Gasteiger partial charge in [0.2, 0.25) is 0 Å². The van der Waals surface area contributed by atoms with Crippen LogP contribution >= 0.6 is 0 Å². The first kappa shape index (κ1) is 20.0. The lowest BCUT2D eigenvalue weighted by Gasteiger charge is -2.10. The van der Waals surface area contributed by atoms with E-state index in [0.717, 1.165) is 22.5 Å². The van der Waals surface area contributed by atoms with Crippen molar-refractivity contribution in [1.29, 1.82) is 0 Å². The molecule has 0 aliphatic rings. The molecule has 0 bridgehead atoms. The van der Waals surface area contributed by atoms with Crippen molar-refractivity contribution in [2.45, 2.75) is 13.1 Å². The first-order valence-corrected chi connectivity index (χ1v) is 9.51. The number of non-ortho nitro benzene ring substituents is 1. The van der Waals surface area contributed by atoms with Gasteiger partial charge in [-0.05, 0) is 42.0 Å². The average Bonchev–Trinajstić information content (AvgIpc) is 3.15. The number of carbonyl (C=O) groups excluding carboxylic acids is 1. The van der Waals surface area contributed by atoms with Gasteiger partial charge < -0.3 is 14.6 Å². The number of hydrogen-bond acceptors (Lipinski definition) is 6. The number of imidazole rings is 1. The fourth-order valence-electron chi connectivity index (χ4n) is 3.22. The Kier molecular flexibility index (Phi) is 5.57. The van der Waals surface area contributed by atoms with E-state index in [4.69, 9.17) is 4.74 Å². The molecule has 0 atom stereocenters. The largest absolute Gasteiger partial charge is 0.497 e. The van der Waals surface area contributed by atoms with Crippen LogP contribution in [0.3, 0.4) is 0 Å². The summed E-state index contributed by atoms with van der Waals surface area (Å²) in [7, 11) is 1.62. The predicted molar refractivity (Wildman–Crippen MR) is 114 cm³/mol. The molecule has 1 amide bonds. The van der Waals surface area contributed by atoms with Crippen molar-refractivity contribution in [3.63, 3.8) is 0 Å². The molecule has 1 N–H and O–H groups in total. The predicted octanol–water partition coefficient (Wildman–Crippen LogP) is 3.33. The third-order valence-electron chi connectivity index (χ3n) is 4.83. The number of fused-ring (bicyclic) bond motifs is 1. The minimum atomic E-state index is -0.504. The van der Waals surface area contributed by atoms with E-state index >= 15 is 0 Å². The Bertz CT molecular complexity index is 1230. The molecule has 0 aliphatic carbocycles. The minimum absolute atomic E-state index is 0.0658. The maximum Gasteiger partial charge on any atom is 0.269 e. The Morgan fingerprint density at radius 2 is 1.87 bits per heavy atom. The Morgan fingerprint density at radius 1 is 1.13 bits per heavy atom. The normalized spacial score (nSPS) is 10.7. The number of methoxy groups -OCH3 is 1. The van der Waals surface area contributed by atoms with Crippen molar-refractivity contribution < 1.29 is 14.5 Å². The molecular weight excluding hydrogens is 398 g/mol. The summed E-state index contributed by atoms with van der Waals surface area (Å²) in [6.07, 6.45) is 1.70. The molecule has 9 heteroatoms. The van der Waals surface area contributed by atoms with Gasteiger partial charge in [-0.2, -0.15) is 0 Å². The van der Waals surface area contributed by atoms with Crippen molar-refractivity contribution in [3.8, 4) is 5.75 Å². The second kappa shape index (κ2) is 8.62. The van der Waals surface area contributed by atoms with Crippen LogP contribution in [0.15, 0.2) is 66.9 Å². The van der Waals surface area contributed by atoms with Crippen molar-refractivity contribution in [2.75, 3.05) is 7.11 Å². The van der Waals surface area contributed by atoms with Crippen LogP contribution in [-0.4, -0.2) is 32.5 Å². The number of benzene rings is 2. The molecule has 0 aliphatic heterocycles. The van der Waals surface area contributed by atoms with Crippen LogP contribution in [0, 0.1) is 10.1 Å². The summed E-state index contributed by atoms with van der Waals surface area (Å²) in [6, 6.07) is 16.8. The monoisotopic (exact) mass is 417 g/mol. The molecule has 0 spiro atoms. The molecule has 31 heavy (non-hydrogen) atoms. The van der Waals surface area contributed by atoms with Gasteiger partial charge in [-0.3, -0.25) is 14.9 Å². The summed E-state index contributed by atoms with van der Waals surface area (Å²) in [5.41, 5.74) is 2.76. The van der Waals surface area contributed by atoms with E-state index in [1.807, 2.05) is 41.0 Å². The zero-order chi connectivity index (χ0) is 21.8. The highest BCUT2D eigenvalue weighted by Gasteiger charge is 2.15. The van der Waals surface area contributed by atoms with Gasteiger partial charge in [0, 0.05) is 23.9 Å². The molecule has 0 fully saturated rings. The molecule has 0 saturated carbocycles. The second-order valence-electron chi connectivity index (χ2n) is 6.80. The highest BCUT2D eigenvalue weighted by Crippen LogP contribution is 2.18. The Hall–Kier alpha value is -4.27. The second-order valence-corrected chi connectivity index (χ2v) is 6.80. The van der Waals surface area contributed by atoms with E-state index in [1.165, 1.54) is 24.3 Å². The number of nitro benzene ring substituents is 1. The topological polar surface area (TPSA) is 112 Å². The quantitative estimate of drug-likeness (QED) is 0.365. The van der Waals surface area contributed by atoms with Gasteiger partial charge in [-0.15, -0.1) is 0 Å². The van der Waals surface area contributed by atoms with Gasteiger partial charge in [0.15, 0.2) is 5.65 Å². The molecule has 0 saturated heterocycles. The molecule has 4 aromatic rings. The summed E-state index contributed by atoms with van der Waals surface area (Å²) in [5, 5.41) is 13.6. The first-order valence-electron chi connectivity index (χ1n) is 9.51. The number of carbonyl (C=O) groups is 1. The average molecular weight is 417 g/mol. The highest BCUT2D eigenvalue weighted by atomic mass is 16.6. The van der Waals surface area contributed by atoms with Gasteiger partial charge in [0.25, 0.3) is 11.6 Å². The van der Waals surface area contributed by atoms with Crippen molar-refractivity contribution >= 4 is 22.8 Å². The van der Waals surface area contributed by atoms with E-state index < -0.39 is 4.92 Å². The number of pyridine rings is 1. The van der Waals surface area contributed by atoms with E-state index in [1.54, 1.807) is 13.3 Å². The zero-order valence-electron chi connectivity index (χ0n) is 16.7. The van der Waals surface area contributed by atoms with Crippen LogP contribution in [0.4, 0.5) is 5.69 Å². The maximum absolute atomic E-state index is 12.5. The van der Waals surface area contributed by atoms with Gasteiger partial charge in [-0.1, -0.05) is 12.1 Å². The highest BCUT2D eigenvalue weighted by molar-refractivity contribution is 5.94. The minimum Gasteiger partial charge on any atom is -0.497 e. The zero-order valence-corrected chi connectivity index (χ0v) is 16.7. The number of rotatable bonds is 7. The SMILES string of the molecule is COc1ccc(Cn2c(CNC(=O)c3ccc([N+](=O)[O-])cc3)nc3cccnc32)cc1. The first-order chi connectivity index (χ1) is 15.0. The van der Waals surface area contributed by atoms with Crippen LogP contribution in [0.5, 0.6) is 5.75 Å². The van der Waals surface area contributed by atoms with E-state index in [-0.39, 0.29) is 18.1 Å². The molecule has 0 radical (unpaired) electrons. The molecule has 2 aromatic heterocycles. The molecule has 9 nitrogen and oxygen atoms in total. The number of hydrogen-bond donors (Lipinski definition) is 1. The fraction of sp³-hybridized carbons (Fsp3) is 0.136. The van der Waals surface area contributed by atoms with E-state index in [2.05, 4.69) is 15.3 Å². The Labute approximate surface area is 177 Å². The molecule has 4 rings (SSSR count). The summed E-state index contributed by atoms with van der Waals surface area (Å²) in [4.78, 5) is 31.8. The smallest absolute Gasteiger partial charge is 0.269 e. The summed E-state index contributed by atoms with van der Waals surface area (Å²) in [6.45, 7) is 0.711. The fourth-order valence-corrected chi connectivity index (χ4v) is 3.22. The maximum atomic E-state index is 12.5. The third kappa shape index (κ3) is 4.35. The summed E-state index contributed by atoms with van der Waals surface area (Å²) in [5.74, 6) is 1.08. The Balaban J connectivity index is 1.56. The third-order valence-corrected chi connectivity index (χ3v) is 4.83. The van der Waals surface area contributed by atoms with Crippen LogP contribution in [0.1, 0.15) is 21.7 Å². The number of nitro groups is 1. The molecular formula is C22H19N5O4. The number of nitrogens with zero attached hydrogens (tertiary/aromatic N) is 4. The van der Waals surface area contributed by atoms with Crippen LogP contribution in [0.2, 0.25) is 0 Å². The van der Waals surface area contributed by atoms with Crippen LogP contribution < -0.4 is 10.1 Å². The van der Waals surface area contributed by atoms with Crippen molar-refractivity contribution in [3.05, 3.63) is 93.9 Å². The number of ether oxygens (including phenoxy) is 1. The van der Waals surface area contributed by atoms with Crippen LogP contribution in [0.25, 0.3) is 11.2 Å². The Morgan fingerprint density at radius 3 is 2.55 bits per heavy atom. The molecule has 156 valence electrons. The lowest BCUT2D eigenvalue weighted by atomic mass is 10.2. The molecule has 2 aromatic carbocycles. The molecule has 0 unspecified atom stereocenters.